The number of hydrogen-bond donors (Lipinski definition) is 1. The maximum Gasteiger partial charge on any atom is 0.226 e. The Morgan fingerprint density at radius 3 is 2.80 bits per heavy atom. The van der Waals surface area contributed by atoms with Gasteiger partial charge in [-0.05, 0) is 49.2 Å². The number of carbonyl (C=O) groups is 1. The molecule has 2 saturated heterocycles. The van der Waals surface area contributed by atoms with Crippen LogP contribution in [0, 0.1) is 11.3 Å². The van der Waals surface area contributed by atoms with Gasteiger partial charge in [-0.2, -0.15) is 0 Å². The van der Waals surface area contributed by atoms with Crippen LogP contribution in [-0.4, -0.2) is 60.0 Å². The molecule has 1 saturated carbocycles. The first-order chi connectivity index (χ1) is 12.3. The first kappa shape index (κ1) is 15.5. The molecule has 25 heavy (non-hydrogen) atoms. The normalized spacial score (nSPS) is 25.5. The van der Waals surface area contributed by atoms with Gasteiger partial charge < -0.3 is 15.1 Å². The van der Waals surface area contributed by atoms with Crippen LogP contribution in [0.4, 0.5) is 5.82 Å². The molecule has 5 rings (SSSR count). The number of aromatic nitrogens is 2. The van der Waals surface area contributed by atoms with Crippen molar-refractivity contribution in [1.29, 1.82) is 0 Å². The molecule has 1 unspecified atom stereocenters. The number of thiophene rings is 1. The van der Waals surface area contributed by atoms with Gasteiger partial charge in [-0.15, -0.1) is 11.3 Å². The molecule has 1 N–H and O–H groups in total. The second-order valence-corrected chi connectivity index (χ2v) is 8.43. The summed E-state index contributed by atoms with van der Waals surface area (Å²) in [5, 5.41) is 5.48. The molecule has 1 aliphatic carbocycles. The molecule has 3 aliphatic rings. The van der Waals surface area contributed by atoms with E-state index in [4.69, 9.17) is 0 Å². The number of nitrogens with zero attached hydrogens (tertiary/aromatic N) is 4. The summed E-state index contributed by atoms with van der Waals surface area (Å²) < 4.78 is 1.15. The highest BCUT2D eigenvalue weighted by atomic mass is 32.1. The molecule has 1 atom stereocenters. The van der Waals surface area contributed by atoms with E-state index < -0.39 is 0 Å². The van der Waals surface area contributed by atoms with Crippen molar-refractivity contribution in [2.45, 2.75) is 19.3 Å². The summed E-state index contributed by atoms with van der Waals surface area (Å²) in [6.45, 7) is 5.47. The maximum atomic E-state index is 12.9. The van der Waals surface area contributed by atoms with Crippen molar-refractivity contribution in [2.24, 2.45) is 11.3 Å². The van der Waals surface area contributed by atoms with E-state index >= 15 is 0 Å². The number of hydrogen-bond acceptors (Lipinski definition) is 6. The van der Waals surface area contributed by atoms with Crippen LogP contribution in [-0.2, 0) is 4.79 Å². The molecule has 0 radical (unpaired) electrons. The van der Waals surface area contributed by atoms with Gasteiger partial charge in [0.2, 0.25) is 5.91 Å². The van der Waals surface area contributed by atoms with E-state index in [0.717, 1.165) is 61.7 Å². The first-order valence-corrected chi connectivity index (χ1v) is 10.1. The highest BCUT2D eigenvalue weighted by Gasteiger charge is 2.58. The summed E-state index contributed by atoms with van der Waals surface area (Å²) in [5.74, 6) is 1.70. The molecule has 0 aromatic carbocycles. The summed E-state index contributed by atoms with van der Waals surface area (Å²) >= 11 is 1.69. The smallest absolute Gasteiger partial charge is 0.226 e. The third kappa shape index (κ3) is 2.60. The van der Waals surface area contributed by atoms with Gasteiger partial charge in [-0.25, -0.2) is 9.97 Å². The third-order valence-corrected chi connectivity index (χ3v) is 7.10. The number of fused-ring (bicyclic) bond motifs is 1. The zero-order valence-electron chi connectivity index (χ0n) is 14.3. The maximum absolute atomic E-state index is 12.9. The summed E-state index contributed by atoms with van der Waals surface area (Å²) in [6, 6.07) is 2.04. The Bertz CT molecular complexity index is 792. The van der Waals surface area contributed by atoms with Gasteiger partial charge in [0.05, 0.1) is 10.2 Å². The number of piperazine rings is 1. The predicted octanol–water partition coefficient (Wildman–Crippen LogP) is 1.73. The van der Waals surface area contributed by atoms with Gasteiger partial charge in [0.25, 0.3) is 0 Å². The van der Waals surface area contributed by atoms with Crippen LogP contribution in [0.1, 0.15) is 19.3 Å². The minimum atomic E-state index is 0.282. The van der Waals surface area contributed by atoms with Crippen LogP contribution in [0.25, 0.3) is 10.2 Å². The van der Waals surface area contributed by atoms with E-state index in [1.54, 1.807) is 17.7 Å². The molecule has 1 amide bonds. The summed E-state index contributed by atoms with van der Waals surface area (Å²) in [7, 11) is 0. The number of nitrogens with one attached hydrogen (secondary N) is 1. The third-order valence-electron chi connectivity index (χ3n) is 6.20. The molecule has 2 aromatic rings. The number of anilines is 1. The van der Waals surface area contributed by atoms with Crippen molar-refractivity contribution in [3.05, 3.63) is 17.8 Å². The Morgan fingerprint density at radius 2 is 2.00 bits per heavy atom. The molecule has 1 spiro atoms. The minimum absolute atomic E-state index is 0.282. The van der Waals surface area contributed by atoms with E-state index in [2.05, 4.69) is 30.5 Å². The second-order valence-electron chi connectivity index (χ2n) is 7.51. The molecule has 7 heteroatoms. The Kier molecular flexibility index (Phi) is 3.67. The van der Waals surface area contributed by atoms with Crippen LogP contribution in [0.3, 0.4) is 0 Å². The van der Waals surface area contributed by atoms with Gasteiger partial charge in [0.1, 0.15) is 12.1 Å². The monoisotopic (exact) mass is 357 g/mol. The average molecular weight is 357 g/mol. The quantitative estimate of drug-likeness (QED) is 0.887. The molecule has 6 nitrogen and oxygen atoms in total. The van der Waals surface area contributed by atoms with Crippen molar-refractivity contribution in [3.8, 4) is 0 Å². The molecule has 0 bridgehead atoms. The lowest BCUT2D eigenvalue weighted by atomic mass is 9.91. The first-order valence-electron chi connectivity index (χ1n) is 9.20. The van der Waals surface area contributed by atoms with E-state index in [0.29, 0.717) is 11.3 Å². The second kappa shape index (κ2) is 5.92. The van der Waals surface area contributed by atoms with Crippen LogP contribution in [0.15, 0.2) is 17.8 Å². The highest BCUT2D eigenvalue weighted by molar-refractivity contribution is 7.17. The minimum Gasteiger partial charge on any atom is -0.352 e. The molecule has 2 aliphatic heterocycles. The fraction of sp³-hybridized carbons (Fsp3) is 0.611. The Hall–Kier alpha value is -1.73. The van der Waals surface area contributed by atoms with E-state index in [9.17, 15) is 4.79 Å². The van der Waals surface area contributed by atoms with Crippen molar-refractivity contribution in [3.63, 3.8) is 0 Å². The van der Waals surface area contributed by atoms with Crippen LogP contribution >= 0.6 is 11.3 Å². The molecule has 3 fully saturated rings. The molecule has 4 heterocycles. The Labute approximate surface area is 151 Å². The van der Waals surface area contributed by atoms with Gasteiger partial charge >= 0.3 is 0 Å². The average Bonchev–Trinajstić information content (AvgIpc) is 3.13. The van der Waals surface area contributed by atoms with Gasteiger partial charge in [0.15, 0.2) is 0 Å². The number of rotatable bonds is 2. The SMILES string of the molecule is O=C(C1CC12CCNCC2)N1CCN(c2ncnc3ccsc23)CC1. The van der Waals surface area contributed by atoms with Gasteiger partial charge in [-0.3, -0.25) is 4.79 Å². The van der Waals surface area contributed by atoms with E-state index in [-0.39, 0.29) is 5.92 Å². The zero-order valence-corrected chi connectivity index (χ0v) is 15.1. The number of piperidine rings is 1. The number of carbonyl (C=O) groups excluding carboxylic acids is 1. The molecular formula is C18H23N5OS. The van der Waals surface area contributed by atoms with E-state index in [1.807, 2.05) is 6.07 Å². The lowest BCUT2D eigenvalue weighted by Crippen LogP contribution is -2.50. The zero-order chi connectivity index (χ0) is 16.9. The Morgan fingerprint density at radius 1 is 1.20 bits per heavy atom. The van der Waals surface area contributed by atoms with Crippen LogP contribution in [0.2, 0.25) is 0 Å². The lowest BCUT2D eigenvalue weighted by molar-refractivity contribution is -0.133. The van der Waals surface area contributed by atoms with Gasteiger partial charge in [-0.1, -0.05) is 0 Å². The summed E-state index contributed by atoms with van der Waals surface area (Å²) in [4.78, 5) is 26.1. The van der Waals surface area contributed by atoms with Crippen molar-refractivity contribution >= 4 is 33.3 Å². The Balaban J connectivity index is 1.24. The summed E-state index contributed by atoms with van der Waals surface area (Å²) in [6.07, 6.45) is 5.09. The fourth-order valence-electron chi connectivity index (χ4n) is 4.53. The molecule has 2 aromatic heterocycles. The largest absolute Gasteiger partial charge is 0.352 e. The standard InChI is InChI=1S/C18H23N5OS/c24-17(13-11-18(13)2-4-19-5-3-18)23-8-6-22(7-9-23)16-15-14(1-10-25-15)20-12-21-16/h1,10,12-13,19H,2-9,11H2. The van der Waals surface area contributed by atoms with E-state index in [1.165, 1.54) is 12.8 Å². The van der Waals surface area contributed by atoms with Crippen LogP contribution in [0.5, 0.6) is 0 Å². The highest BCUT2D eigenvalue weighted by Crippen LogP contribution is 2.59. The predicted molar refractivity (Wildman–Crippen MR) is 98.9 cm³/mol. The van der Waals surface area contributed by atoms with Crippen molar-refractivity contribution in [2.75, 3.05) is 44.2 Å². The summed E-state index contributed by atoms with van der Waals surface area (Å²) in [5.41, 5.74) is 1.34. The van der Waals surface area contributed by atoms with Crippen molar-refractivity contribution < 1.29 is 4.79 Å². The molecular weight excluding hydrogens is 334 g/mol. The van der Waals surface area contributed by atoms with Crippen molar-refractivity contribution in [1.82, 2.24) is 20.2 Å². The lowest BCUT2D eigenvalue weighted by Gasteiger charge is -2.36. The number of amides is 1. The fourth-order valence-corrected chi connectivity index (χ4v) is 5.40. The topological polar surface area (TPSA) is 61.4 Å². The van der Waals surface area contributed by atoms with Crippen LogP contribution < -0.4 is 10.2 Å². The molecule has 132 valence electrons. The van der Waals surface area contributed by atoms with Gasteiger partial charge in [0, 0.05) is 32.1 Å².